The summed E-state index contributed by atoms with van der Waals surface area (Å²) in [7, 11) is -4.05. The van der Waals surface area contributed by atoms with E-state index < -0.39 is 15.3 Å². The SMILES string of the molecule is O=c1c(S(=O)(=O)c2ccccc2)c(-c2ccccc2)oc2ccccc12. The largest absolute Gasteiger partial charge is 0.454 e. The van der Waals surface area contributed by atoms with Crippen LogP contribution in [-0.4, -0.2) is 8.42 Å². The number of hydrogen-bond acceptors (Lipinski definition) is 4. The molecule has 4 nitrogen and oxygen atoms in total. The van der Waals surface area contributed by atoms with E-state index in [1.54, 1.807) is 66.7 Å². The second-order valence-corrected chi connectivity index (χ2v) is 7.65. The van der Waals surface area contributed by atoms with Crippen LogP contribution >= 0.6 is 0 Å². The van der Waals surface area contributed by atoms with Crippen LogP contribution in [0.3, 0.4) is 0 Å². The molecule has 0 saturated carbocycles. The van der Waals surface area contributed by atoms with Crippen molar-refractivity contribution in [3.8, 4) is 11.3 Å². The number of fused-ring (bicyclic) bond motifs is 1. The zero-order valence-electron chi connectivity index (χ0n) is 13.6. The minimum atomic E-state index is -4.05. The minimum absolute atomic E-state index is 0.0538. The zero-order valence-corrected chi connectivity index (χ0v) is 14.4. The highest BCUT2D eigenvalue weighted by Gasteiger charge is 2.28. The van der Waals surface area contributed by atoms with Crippen molar-refractivity contribution in [2.24, 2.45) is 0 Å². The number of hydrogen-bond donors (Lipinski definition) is 0. The van der Waals surface area contributed by atoms with E-state index in [2.05, 4.69) is 0 Å². The minimum Gasteiger partial charge on any atom is -0.454 e. The van der Waals surface area contributed by atoms with E-state index in [-0.39, 0.29) is 20.9 Å². The summed E-state index contributed by atoms with van der Waals surface area (Å²) >= 11 is 0. The maximum atomic E-state index is 13.2. The molecule has 0 radical (unpaired) electrons. The zero-order chi connectivity index (χ0) is 18.1. The first kappa shape index (κ1) is 16.3. The Labute approximate surface area is 150 Å². The Balaban J connectivity index is 2.14. The maximum Gasteiger partial charge on any atom is 0.214 e. The third-order valence-corrected chi connectivity index (χ3v) is 5.92. The maximum absolute atomic E-state index is 13.2. The van der Waals surface area contributed by atoms with Crippen molar-refractivity contribution in [1.29, 1.82) is 0 Å². The molecule has 0 bridgehead atoms. The molecule has 0 fully saturated rings. The van der Waals surface area contributed by atoms with Crippen LogP contribution in [-0.2, 0) is 9.84 Å². The van der Waals surface area contributed by atoms with Crippen LogP contribution in [0.2, 0.25) is 0 Å². The van der Waals surface area contributed by atoms with Crippen LogP contribution in [0.15, 0.2) is 104 Å². The van der Waals surface area contributed by atoms with Crippen LogP contribution in [0, 0.1) is 0 Å². The summed E-state index contributed by atoms with van der Waals surface area (Å²) < 4.78 is 32.4. The van der Waals surface area contributed by atoms with Gasteiger partial charge in [-0.05, 0) is 24.3 Å². The molecule has 1 aromatic heterocycles. The lowest BCUT2D eigenvalue weighted by molar-refractivity contribution is 0.576. The monoisotopic (exact) mass is 362 g/mol. The van der Waals surface area contributed by atoms with E-state index in [0.717, 1.165) is 0 Å². The van der Waals surface area contributed by atoms with E-state index in [1.165, 1.54) is 12.1 Å². The fraction of sp³-hybridized carbons (Fsp3) is 0. The van der Waals surface area contributed by atoms with Gasteiger partial charge in [-0.15, -0.1) is 0 Å². The van der Waals surface area contributed by atoms with E-state index >= 15 is 0 Å². The molecule has 128 valence electrons. The number of benzene rings is 3. The van der Waals surface area contributed by atoms with E-state index in [9.17, 15) is 13.2 Å². The van der Waals surface area contributed by atoms with Crippen LogP contribution in [0.25, 0.3) is 22.3 Å². The van der Waals surface area contributed by atoms with Gasteiger partial charge in [0.15, 0.2) is 10.7 Å². The number of para-hydroxylation sites is 1. The molecule has 0 aliphatic carbocycles. The Bertz CT molecular complexity index is 1240. The lowest BCUT2D eigenvalue weighted by Gasteiger charge is -2.11. The smallest absolute Gasteiger partial charge is 0.214 e. The fourth-order valence-electron chi connectivity index (χ4n) is 2.87. The van der Waals surface area contributed by atoms with Crippen molar-refractivity contribution in [2.45, 2.75) is 9.79 Å². The summed E-state index contributed by atoms with van der Waals surface area (Å²) in [5.41, 5.74) is 0.322. The van der Waals surface area contributed by atoms with Gasteiger partial charge in [-0.25, -0.2) is 8.42 Å². The topological polar surface area (TPSA) is 64.3 Å². The summed E-state index contributed by atoms with van der Waals surface area (Å²) in [6.45, 7) is 0. The van der Waals surface area contributed by atoms with E-state index in [4.69, 9.17) is 4.42 Å². The molecule has 5 heteroatoms. The van der Waals surface area contributed by atoms with Crippen molar-refractivity contribution >= 4 is 20.8 Å². The summed E-state index contributed by atoms with van der Waals surface area (Å²) in [6.07, 6.45) is 0. The standard InChI is InChI=1S/C21H14O4S/c22-19-17-13-7-8-14-18(17)25-20(15-9-3-1-4-10-15)21(19)26(23,24)16-11-5-2-6-12-16/h1-14H. The highest BCUT2D eigenvalue weighted by atomic mass is 32.2. The van der Waals surface area contributed by atoms with Crippen LogP contribution in [0.4, 0.5) is 0 Å². The molecule has 1 heterocycles. The van der Waals surface area contributed by atoms with Crippen LogP contribution < -0.4 is 5.43 Å². The van der Waals surface area contributed by atoms with Gasteiger partial charge in [0.2, 0.25) is 15.3 Å². The van der Waals surface area contributed by atoms with Gasteiger partial charge in [0.05, 0.1) is 10.3 Å². The van der Waals surface area contributed by atoms with Crippen molar-refractivity contribution < 1.29 is 12.8 Å². The predicted octanol–water partition coefficient (Wildman–Crippen LogP) is 4.29. The molecular weight excluding hydrogens is 348 g/mol. The van der Waals surface area contributed by atoms with Crippen molar-refractivity contribution in [2.75, 3.05) is 0 Å². The van der Waals surface area contributed by atoms with Gasteiger partial charge < -0.3 is 4.42 Å². The fourth-order valence-corrected chi connectivity index (χ4v) is 4.37. The van der Waals surface area contributed by atoms with Gasteiger partial charge in [-0.2, -0.15) is 0 Å². The molecule has 3 aromatic carbocycles. The van der Waals surface area contributed by atoms with E-state index in [0.29, 0.717) is 11.1 Å². The molecular formula is C21H14O4S. The van der Waals surface area contributed by atoms with Gasteiger partial charge in [-0.3, -0.25) is 4.79 Å². The van der Waals surface area contributed by atoms with Gasteiger partial charge >= 0.3 is 0 Å². The Kier molecular flexibility index (Phi) is 3.93. The Morgan fingerprint density at radius 3 is 1.96 bits per heavy atom. The van der Waals surface area contributed by atoms with Crippen molar-refractivity contribution in [1.82, 2.24) is 0 Å². The van der Waals surface area contributed by atoms with Gasteiger partial charge in [0.1, 0.15) is 5.58 Å². The predicted molar refractivity (Wildman–Crippen MR) is 99.8 cm³/mol. The van der Waals surface area contributed by atoms with Crippen LogP contribution in [0.1, 0.15) is 0 Å². The van der Waals surface area contributed by atoms with Gasteiger partial charge in [-0.1, -0.05) is 60.7 Å². The summed E-state index contributed by atoms with van der Waals surface area (Å²) in [5, 5.41) is 0.238. The molecule has 26 heavy (non-hydrogen) atoms. The quantitative estimate of drug-likeness (QED) is 0.545. The molecule has 0 aliphatic rings. The third kappa shape index (κ3) is 2.62. The molecule has 0 aliphatic heterocycles. The summed E-state index contributed by atoms with van der Waals surface area (Å²) in [5.74, 6) is 0.0538. The van der Waals surface area contributed by atoms with Crippen molar-refractivity contribution in [3.05, 3.63) is 95.2 Å². The van der Waals surface area contributed by atoms with Crippen LogP contribution in [0.5, 0.6) is 0 Å². The molecule has 0 N–H and O–H groups in total. The average molecular weight is 362 g/mol. The normalized spacial score (nSPS) is 11.5. The Hall–Kier alpha value is -3.18. The lowest BCUT2D eigenvalue weighted by Crippen LogP contribution is -2.17. The van der Waals surface area contributed by atoms with Crippen molar-refractivity contribution in [3.63, 3.8) is 0 Å². The molecule has 0 amide bonds. The summed E-state index contributed by atoms with van der Waals surface area (Å²) in [4.78, 5) is 12.8. The molecule has 0 spiro atoms. The highest BCUT2D eigenvalue weighted by Crippen LogP contribution is 2.31. The second-order valence-electron chi connectivity index (χ2n) is 5.77. The Morgan fingerprint density at radius 2 is 1.27 bits per heavy atom. The molecule has 0 atom stereocenters. The molecule has 0 saturated heterocycles. The highest BCUT2D eigenvalue weighted by molar-refractivity contribution is 7.91. The second kappa shape index (κ2) is 6.28. The first-order valence-electron chi connectivity index (χ1n) is 8.00. The summed E-state index contributed by atoms with van der Waals surface area (Å²) in [6, 6.07) is 23.3. The number of sulfone groups is 1. The lowest BCUT2D eigenvalue weighted by atomic mass is 10.1. The van der Waals surface area contributed by atoms with Gasteiger partial charge in [0.25, 0.3) is 0 Å². The Morgan fingerprint density at radius 1 is 0.692 bits per heavy atom. The first-order chi connectivity index (χ1) is 12.6. The molecule has 4 aromatic rings. The molecule has 0 unspecified atom stereocenters. The van der Waals surface area contributed by atoms with E-state index in [1.807, 2.05) is 6.07 Å². The third-order valence-electron chi connectivity index (χ3n) is 4.11. The number of rotatable bonds is 3. The van der Waals surface area contributed by atoms with Gasteiger partial charge in [0, 0.05) is 5.56 Å². The average Bonchev–Trinajstić information content (AvgIpc) is 2.69. The first-order valence-corrected chi connectivity index (χ1v) is 9.49. The molecule has 4 rings (SSSR count).